The van der Waals surface area contributed by atoms with Gasteiger partial charge >= 0.3 is 0 Å². The van der Waals surface area contributed by atoms with E-state index in [1.807, 2.05) is 50.4 Å². The van der Waals surface area contributed by atoms with E-state index in [9.17, 15) is 0 Å². The van der Waals surface area contributed by atoms with Crippen LogP contribution in [0.2, 0.25) is 0 Å². The highest BCUT2D eigenvalue weighted by atomic mass is 16.5. The zero-order chi connectivity index (χ0) is 15.2. The Kier molecular flexibility index (Phi) is 5.34. The van der Waals surface area contributed by atoms with Crippen LogP contribution in [-0.2, 0) is 0 Å². The molecule has 0 bridgehead atoms. The van der Waals surface area contributed by atoms with Crippen molar-refractivity contribution in [3.05, 3.63) is 59.9 Å². The summed E-state index contributed by atoms with van der Waals surface area (Å²) in [6, 6.07) is 14.8. The van der Waals surface area contributed by atoms with Gasteiger partial charge in [-0.2, -0.15) is 0 Å². The summed E-state index contributed by atoms with van der Waals surface area (Å²) in [5, 5.41) is 3.57. The van der Waals surface area contributed by atoms with Crippen LogP contribution in [0.25, 0.3) is 0 Å². The average molecular weight is 284 g/mol. The maximum Gasteiger partial charge on any atom is 0.119 e. The molecule has 112 valence electrons. The van der Waals surface area contributed by atoms with Gasteiger partial charge in [-0.3, -0.25) is 4.98 Å². The molecule has 1 aromatic heterocycles. The fourth-order valence-corrected chi connectivity index (χ4v) is 2.30. The van der Waals surface area contributed by atoms with Crippen molar-refractivity contribution in [2.45, 2.75) is 45.9 Å². The standard InChI is InChI=1S/C18H24N2O/c1-13(2)21-17-10-8-16(9-11-17)14(3)20-15(4)18-7-5-6-12-19-18/h5-15,20H,1-4H3/t14?,15-/m1/s1. The Morgan fingerprint density at radius 3 is 2.19 bits per heavy atom. The number of aromatic nitrogens is 1. The van der Waals surface area contributed by atoms with Crippen molar-refractivity contribution in [3.63, 3.8) is 0 Å². The molecule has 1 N–H and O–H groups in total. The molecule has 0 fully saturated rings. The molecule has 1 unspecified atom stereocenters. The van der Waals surface area contributed by atoms with Gasteiger partial charge in [-0.1, -0.05) is 18.2 Å². The summed E-state index contributed by atoms with van der Waals surface area (Å²) in [6.07, 6.45) is 2.03. The molecular weight excluding hydrogens is 260 g/mol. The summed E-state index contributed by atoms with van der Waals surface area (Å²) < 4.78 is 5.67. The Morgan fingerprint density at radius 1 is 0.905 bits per heavy atom. The van der Waals surface area contributed by atoms with Gasteiger partial charge in [0.1, 0.15) is 5.75 Å². The van der Waals surface area contributed by atoms with Crippen LogP contribution in [0.3, 0.4) is 0 Å². The van der Waals surface area contributed by atoms with E-state index in [0.717, 1.165) is 11.4 Å². The summed E-state index contributed by atoms with van der Waals surface area (Å²) >= 11 is 0. The molecule has 0 saturated carbocycles. The highest BCUT2D eigenvalue weighted by Gasteiger charge is 2.12. The molecule has 0 spiro atoms. The largest absolute Gasteiger partial charge is 0.491 e. The van der Waals surface area contributed by atoms with Crippen molar-refractivity contribution in [3.8, 4) is 5.75 Å². The molecule has 1 aromatic carbocycles. The monoisotopic (exact) mass is 284 g/mol. The minimum atomic E-state index is 0.204. The lowest BCUT2D eigenvalue weighted by atomic mass is 10.1. The first-order valence-electron chi connectivity index (χ1n) is 7.50. The summed E-state index contributed by atoms with van der Waals surface area (Å²) in [5.74, 6) is 0.915. The van der Waals surface area contributed by atoms with Crippen LogP contribution in [0, 0.1) is 0 Å². The first-order chi connectivity index (χ1) is 10.1. The van der Waals surface area contributed by atoms with Crippen molar-refractivity contribution < 1.29 is 4.74 Å². The number of hydrogen-bond acceptors (Lipinski definition) is 3. The third kappa shape index (κ3) is 4.57. The molecule has 0 aliphatic heterocycles. The Hall–Kier alpha value is -1.87. The van der Waals surface area contributed by atoms with Crippen LogP contribution in [0.15, 0.2) is 48.7 Å². The van der Waals surface area contributed by atoms with Gasteiger partial charge in [0.15, 0.2) is 0 Å². The maximum absolute atomic E-state index is 5.67. The van der Waals surface area contributed by atoms with Gasteiger partial charge in [-0.15, -0.1) is 0 Å². The second kappa shape index (κ2) is 7.23. The second-order valence-electron chi connectivity index (χ2n) is 5.60. The highest BCUT2D eigenvalue weighted by Crippen LogP contribution is 2.21. The molecule has 2 rings (SSSR count). The molecule has 0 aliphatic rings. The minimum absolute atomic E-state index is 0.204. The molecule has 0 amide bonds. The zero-order valence-electron chi connectivity index (χ0n) is 13.2. The van der Waals surface area contributed by atoms with E-state index in [1.54, 1.807) is 0 Å². The molecule has 2 aromatic rings. The summed E-state index contributed by atoms with van der Waals surface area (Å²) in [5.41, 5.74) is 2.30. The number of rotatable bonds is 6. The zero-order valence-corrected chi connectivity index (χ0v) is 13.2. The van der Waals surface area contributed by atoms with Crippen LogP contribution in [0.4, 0.5) is 0 Å². The predicted octanol–water partition coefficient (Wildman–Crippen LogP) is 4.28. The number of ether oxygens (including phenoxy) is 1. The smallest absolute Gasteiger partial charge is 0.119 e. The quantitative estimate of drug-likeness (QED) is 0.859. The van der Waals surface area contributed by atoms with E-state index < -0.39 is 0 Å². The minimum Gasteiger partial charge on any atom is -0.491 e. The summed E-state index contributed by atoms with van der Waals surface area (Å²) in [6.45, 7) is 8.37. The summed E-state index contributed by atoms with van der Waals surface area (Å²) in [7, 11) is 0. The molecule has 2 atom stereocenters. The number of nitrogens with one attached hydrogen (secondary N) is 1. The molecule has 0 radical (unpaired) electrons. The summed E-state index contributed by atoms with van der Waals surface area (Å²) in [4.78, 5) is 4.39. The average Bonchev–Trinajstić information content (AvgIpc) is 2.48. The number of nitrogens with zero attached hydrogens (tertiary/aromatic N) is 1. The van der Waals surface area contributed by atoms with E-state index in [0.29, 0.717) is 0 Å². The lowest BCUT2D eigenvalue weighted by Gasteiger charge is -2.20. The third-order valence-electron chi connectivity index (χ3n) is 3.38. The van der Waals surface area contributed by atoms with Gasteiger partial charge in [-0.25, -0.2) is 0 Å². The van der Waals surface area contributed by atoms with E-state index in [-0.39, 0.29) is 18.2 Å². The van der Waals surface area contributed by atoms with Crippen molar-refractivity contribution in [1.82, 2.24) is 10.3 Å². The van der Waals surface area contributed by atoms with Crippen molar-refractivity contribution in [2.75, 3.05) is 0 Å². The molecule has 21 heavy (non-hydrogen) atoms. The Morgan fingerprint density at radius 2 is 1.62 bits per heavy atom. The Labute approximate surface area is 127 Å². The first-order valence-corrected chi connectivity index (χ1v) is 7.50. The molecule has 1 heterocycles. The van der Waals surface area contributed by atoms with E-state index >= 15 is 0 Å². The molecule has 3 heteroatoms. The molecule has 0 saturated heterocycles. The fraction of sp³-hybridized carbons (Fsp3) is 0.389. The SMILES string of the molecule is CC(C)Oc1ccc(C(C)N[C@H](C)c2ccccn2)cc1. The van der Waals surface area contributed by atoms with Crippen LogP contribution < -0.4 is 10.1 Å². The van der Waals surface area contributed by atoms with Crippen LogP contribution in [-0.4, -0.2) is 11.1 Å². The normalized spacial score (nSPS) is 14.0. The van der Waals surface area contributed by atoms with E-state index in [4.69, 9.17) is 4.74 Å². The van der Waals surface area contributed by atoms with Gasteiger partial charge in [-0.05, 0) is 57.5 Å². The van der Waals surface area contributed by atoms with Crippen molar-refractivity contribution in [2.24, 2.45) is 0 Å². The van der Waals surface area contributed by atoms with Crippen LogP contribution >= 0.6 is 0 Å². The Balaban J connectivity index is 1.98. The van der Waals surface area contributed by atoms with Gasteiger partial charge in [0.25, 0.3) is 0 Å². The van der Waals surface area contributed by atoms with E-state index in [2.05, 4.69) is 36.3 Å². The van der Waals surface area contributed by atoms with E-state index in [1.165, 1.54) is 5.56 Å². The molecule has 0 aliphatic carbocycles. The fourth-order valence-electron chi connectivity index (χ4n) is 2.30. The second-order valence-corrected chi connectivity index (χ2v) is 5.60. The topological polar surface area (TPSA) is 34.1 Å². The molecular formula is C18H24N2O. The third-order valence-corrected chi connectivity index (χ3v) is 3.38. The lowest BCUT2D eigenvalue weighted by molar-refractivity contribution is 0.242. The lowest BCUT2D eigenvalue weighted by Crippen LogP contribution is -2.23. The van der Waals surface area contributed by atoms with Gasteiger partial charge in [0.05, 0.1) is 11.8 Å². The van der Waals surface area contributed by atoms with Crippen molar-refractivity contribution >= 4 is 0 Å². The molecule has 3 nitrogen and oxygen atoms in total. The van der Waals surface area contributed by atoms with Crippen LogP contribution in [0.5, 0.6) is 5.75 Å². The van der Waals surface area contributed by atoms with Crippen molar-refractivity contribution in [1.29, 1.82) is 0 Å². The first kappa shape index (κ1) is 15.5. The number of pyridine rings is 1. The maximum atomic E-state index is 5.67. The Bertz CT molecular complexity index is 537. The predicted molar refractivity (Wildman–Crippen MR) is 86.4 cm³/mol. The van der Waals surface area contributed by atoms with Gasteiger partial charge < -0.3 is 10.1 Å². The highest BCUT2D eigenvalue weighted by molar-refractivity contribution is 5.29. The number of benzene rings is 1. The number of hydrogen-bond donors (Lipinski definition) is 1. The van der Waals surface area contributed by atoms with Gasteiger partial charge in [0, 0.05) is 18.3 Å². The van der Waals surface area contributed by atoms with Crippen LogP contribution in [0.1, 0.15) is 51.0 Å². The van der Waals surface area contributed by atoms with Gasteiger partial charge in [0.2, 0.25) is 0 Å².